The Bertz CT molecular complexity index is 404. The fraction of sp³-hybridized carbons (Fsp3) is 0.625. The number of methoxy groups -OCH3 is 1. The first kappa shape index (κ1) is 15.4. The molecular formula is C16H26OS. The predicted octanol–water partition coefficient (Wildman–Crippen LogP) is 4.72. The number of hydrogen-bond acceptors (Lipinski definition) is 2. The Morgan fingerprint density at radius 1 is 1.28 bits per heavy atom. The topological polar surface area (TPSA) is 9.23 Å². The van der Waals surface area contributed by atoms with E-state index in [0.717, 1.165) is 17.9 Å². The zero-order chi connectivity index (χ0) is 13.9. The van der Waals surface area contributed by atoms with E-state index in [0.29, 0.717) is 5.92 Å². The molecule has 0 saturated carbocycles. The maximum Gasteiger partial charge on any atom is 0.126 e. The van der Waals surface area contributed by atoms with Crippen LogP contribution in [0.5, 0.6) is 5.75 Å². The average Bonchev–Trinajstić information content (AvgIpc) is 2.27. The third kappa shape index (κ3) is 3.44. The van der Waals surface area contributed by atoms with Crippen molar-refractivity contribution in [3.8, 4) is 5.75 Å². The first-order chi connectivity index (χ1) is 8.31. The van der Waals surface area contributed by atoms with Crippen LogP contribution in [0, 0.1) is 6.92 Å². The van der Waals surface area contributed by atoms with Crippen LogP contribution in [0.25, 0.3) is 0 Å². The Balaban J connectivity index is 3.38. The summed E-state index contributed by atoms with van der Waals surface area (Å²) in [5.74, 6) is 2.45. The number of benzene rings is 1. The summed E-state index contributed by atoms with van der Waals surface area (Å²) in [6.07, 6.45) is 1.08. The molecule has 0 spiro atoms. The van der Waals surface area contributed by atoms with Crippen molar-refractivity contribution in [3.63, 3.8) is 0 Å². The maximum absolute atomic E-state index is 5.70. The molecule has 18 heavy (non-hydrogen) atoms. The van der Waals surface area contributed by atoms with Gasteiger partial charge in [-0.3, -0.25) is 0 Å². The summed E-state index contributed by atoms with van der Waals surface area (Å²) in [4.78, 5) is 0. The van der Waals surface area contributed by atoms with E-state index in [1.165, 1.54) is 16.7 Å². The molecule has 102 valence electrons. The summed E-state index contributed by atoms with van der Waals surface area (Å²) < 4.78 is 5.70. The highest BCUT2D eigenvalue weighted by atomic mass is 32.1. The van der Waals surface area contributed by atoms with E-state index < -0.39 is 0 Å². The lowest BCUT2D eigenvalue weighted by Crippen LogP contribution is -2.15. The molecule has 0 saturated heterocycles. The molecule has 0 aliphatic heterocycles. The molecule has 0 bridgehead atoms. The van der Waals surface area contributed by atoms with Gasteiger partial charge in [-0.15, -0.1) is 0 Å². The van der Waals surface area contributed by atoms with Crippen LogP contribution in [-0.4, -0.2) is 12.9 Å². The van der Waals surface area contributed by atoms with Gasteiger partial charge in [-0.05, 0) is 36.0 Å². The minimum Gasteiger partial charge on any atom is -0.496 e. The van der Waals surface area contributed by atoms with Gasteiger partial charge in [0, 0.05) is 5.56 Å². The largest absolute Gasteiger partial charge is 0.496 e. The van der Waals surface area contributed by atoms with Gasteiger partial charge in [0.1, 0.15) is 5.75 Å². The van der Waals surface area contributed by atoms with Crippen LogP contribution in [0.2, 0.25) is 0 Å². The summed E-state index contributed by atoms with van der Waals surface area (Å²) in [5.41, 5.74) is 4.02. The lowest BCUT2D eigenvalue weighted by Gasteiger charge is -2.26. The molecule has 1 aromatic rings. The van der Waals surface area contributed by atoms with Crippen LogP contribution in [0.1, 0.15) is 56.7 Å². The van der Waals surface area contributed by atoms with E-state index in [-0.39, 0.29) is 5.41 Å². The molecule has 1 atom stereocenters. The minimum absolute atomic E-state index is 0.104. The van der Waals surface area contributed by atoms with Gasteiger partial charge in [0.25, 0.3) is 0 Å². The van der Waals surface area contributed by atoms with Crippen molar-refractivity contribution in [2.75, 3.05) is 12.9 Å². The highest BCUT2D eigenvalue weighted by Crippen LogP contribution is 2.39. The Morgan fingerprint density at radius 2 is 1.89 bits per heavy atom. The van der Waals surface area contributed by atoms with Crippen LogP contribution in [0.4, 0.5) is 0 Å². The Hall–Kier alpha value is -0.630. The minimum atomic E-state index is 0.104. The van der Waals surface area contributed by atoms with Crippen molar-refractivity contribution in [1.82, 2.24) is 0 Å². The van der Waals surface area contributed by atoms with E-state index in [1.807, 2.05) is 0 Å². The van der Waals surface area contributed by atoms with Crippen molar-refractivity contribution >= 4 is 12.6 Å². The molecule has 1 rings (SSSR count). The van der Waals surface area contributed by atoms with Crippen molar-refractivity contribution in [2.24, 2.45) is 0 Å². The second-order valence-corrected chi connectivity index (χ2v) is 6.55. The van der Waals surface area contributed by atoms with Crippen molar-refractivity contribution < 1.29 is 4.74 Å². The van der Waals surface area contributed by atoms with Crippen molar-refractivity contribution in [3.05, 3.63) is 28.8 Å². The molecule has 1 nitrogen and oxygen atoms in total. The van der Waals surface area contributed by atoms with Crippen LogP contribution in [-0.2, 0) is 5.41 Å². The molecule has 2 heteroatoms. The fourth-order valence-corrected chi connectivity index (χ4v) is 2.69. The van der Waals surface area contributed by atoms with Gasteiger partial charge in [0.05, 0.1) is 7.11 Å². The van der Waals surface area contributed by atoms with E-state index >= 15 is 0 Å². The lowest BCUT2D eigenvalue weighted by atomic mass is 9.82. The third-order valence-corrected chi connectivity index (χ3v) is 3.63. The van der Waals surface area contributed by atoms with E-state index in [2.05, 4.69) is 59.4 Å². The normalized spacial score (nSPS) is 13.5. The molecule has 0 aliphatic rings. The van der Waals surface area contributed by atoms with Crippen molar-refractivity contribution in [2.45, 2.75) is 52.4 Å². The Kier molecular flexibility index (Phi) is 5.15. The standard InChI is InChI=1S/C16H26OS/c1-11-9-13(12(2)7-8-18)15(17-6)14(10-11)16(3,4)5/h9-10,12,18H,7-8H2,1-6H3. The molecule has 0 heterocycles. The number of aryl methyl sites for hydroxylation is 1. The summed E-state index contributed by atoms with van der Waals surface area (Å²) in [6.45, 7) is 11.1. The summed E-state index contributed by atoms with van der Waals surface area (Å²) >= 11 is 4.34. The van der Waals surface area contributed by atoms with Gasteiger partial charge in [-0.1, -0.05) is 45.4 Å². The zero-order valence-electron chi connectivity index (χ0n) is 12.5. The lowest BCUT2D eigenvalue weighted by molar-refractivity contribution is 0.389. The number of rotatable bonds is 4. The molecule has 0 aromatic heterocycles. The van der Waals surface area contributed by atoms with Crippen LogP contribution < -0.4 is 4.74 Å². The summed E-state index contributed by atoms with van der Waals surface area (Å²) in [5, 5.41) is 0. The molecule has 0 aliphatic carbocycles. The predicted molar refractivity (Wildman–Crippen MR) is 83.3 cm³/mol. The average molecular weight is 266 g/mol. The smallest absolute Gasteiger partial charge is 0.126 e. The zero-order valence-corrected chi connectivity index (χ0v) is 13.4. The fourth-order valence-electron chi connectivity index (χ4n) is 2.30. The van der Waals surface area contributed by atoms with Crippen LogP contribution in [0.15, 0.2) is 12.1 Å². The number of hydrogen-bond donors (Lipinski definition) is 1. The quantitative estimate of drug-likeness (QED) is 0.776. The second-order valence-electron chi connectivity index (χ2n) is 6.10. The van der Waals surface area contributed by atoms with E-state index in [4.69, 9.17) is 4.74 Å². The molecular weight excluding hydrogens is 240 g/mol. The highest BCUT2D eigenvalue weighted by molar-refractivity contribution is 7.80. The van der Waals surface area contributed by atoms with Gasteiger partial charge < -0.3 is 4.74 Å². The molecule has 0 fully saturated rings. The van der Waals surface area contributed by atoms with E-state index in [9.17, 15) is 0 Å². The second kappa shape index (κ2) is 6.01. The number of ether oxygens (including phenoxy) is 1. The molecule has 1 unspecified atom stereocenters. The first-order valence-corrected chi connectivity index (χ1v) is 7.24. The summed E-state index contributed by atoms with van der Waals surface area (Å²) in [6, 6.07) is 4.50. The van der Waals surface area contributed by atoms with E-state index in [1.54, 1.807) is 7.11 Å². The van der Waals surface area contributed by atoms with Gasteiger partial charge in [-0.2, -0.15) is 12.6 Å². The SMILES string of the molecule is COc1c(C(C)CCS)cc(C)cc1C(C)(C)C. The Labute approximate surface area is 117 Å². The number of thiol groups is 1. The van der Waals surface area contributed by atoms with Gasteiger partial charge in [0.2, 0.25) is 0 Å². The highest BCUT2D eigenvalue weighted by Gasteiger charge is 2.23. The molecule has 0 radical (unpaired) electrons. The van der Waals surface area contributed by atoms with Crippen LogP contribution in [0.3, 0.4) is 0 Å². The van der Waals surface area contributed by atoms with Gasteiger partial charge in [0.15, 0.2) is 0 Å². The molecule has 1 aromatic carbocycles. The third-order valence-electron chi connectivity index (χ3n) is 3.37. The maximum atomic E-state index is 5.70. The molecule has 0 amide bonds. The van der Waals surface area contributed by atoms with Gasteiger partial charge in [-0.25, -0.2) is 0 Å². The van der Waals surface area contributed by atoms with Gasteiger partial charge >= 0.3 is 0 Å². The van der Waals surface area contributed by atoms with Crippen LogP contribution >= 0.6 is 12.6 Å². The monoisotopic (exact) mass is 266 g/mol. The summed E-state index contributed by atoms with van der Waals surface area (Å²) in [7, 11) is 1.77. The van der Waals surface area contributed by atoms with Crippen molar-refractivity contribution in [1.29, 1.82) is 0 Å². The first-order valence-electron chi connectivity index (χ1n) is 6.61. The Morgan fingerprint density at radius 3 is 2.33 bits per heavy atom. The molecule has 0 N–H and O–H groups in total.